The van der Waals surface area contributed by atoms with Gasteiger partial charge in [0.25, 0.3) is 0 Å². The lowest BCUT2D eigenvalue weighted by Gasteiger charge is -2.28. The first-order chi connectivity index (χ1) is 9.31. The largest absolute Gasteiger partial charge is 0.473 e. The quantitative estimate of drug-likeness (QED) is 0.851. The maximum Gasteiger partial charge on any atom is 0.232 e. The Balaban J connectivity index is 1.85. The van der Waals surface area contributed by atoms with E-state index in [1.54, 1.807) is 19.5 Å². The monoisotopic (exact) mass is 265 g/mol. The van der Waals surface area contributed by atoms with Gasteiger partial charge in [0.05, 0.1) is 24.2 Å². The molecule has 1 saturated carbocycles. The van der Waals surface area contributed by atoms with E-state index in [9.17, 15) is 0 Å². The van der Waals surface area contributed by atoms with Gasteiger partial charge >= 0.3 is 0 Å². The van der Waals surface area contributed by atoms with E-state index in [4.69, 9.17) is 9.47 Å². The number of hydrogen-bond donors (Lipinski definition) is 1. The number of methoxy groups -OCH3 is 1. The molecule has 0 radical (unpaired) electrons. The predicted octanol–water partition coefficient (Wildman–Crippen LogP) is 1.92. The summed E-state index contributed by atoms with van der Waals surface area (Å²) in [6, 6.07) is 0. The molecule has 1 aliphatic carbocycles. The molecule has 1 aliphatic rings. The van der Waals surface area contributed by atoms with Gasteiger partial charge in [0.15, 0.2) is 0 Å². The fraction of sp³-hybridized carbons (Fsp3) is 0.714. The highest BCUT2D eigenvalue weighted by atomic mass is 16.5. The Morgan fingerprint density at radius 3 is 2.79 bits per heavy atom. The van der Waals surface area contributed by atoms with Crippen molar-refractivity contribution in [3.63, 3.8) is 0 Å². The summed E-state index contributed by atoms with van der Waals surface area (Å²) >= 11 is 0. The zero-order valence-electron chi connectivity index (χ0n) is 11.8. The van der Waals surface area contributed by atoms with Crippen molar-refractivity contribution in [1.29, 1.82) is 0 Å². The Labute approximate surface area is 114 Å². The number of ether oxygens (including phenoxy) is 2. The van der Waals surface area contributed by atoms with E-state index in [1.165, 1.54) is 0 Å². The Kier molecular flexibility index (Phi) is 5.54. The van der Waals surface area contributed by atoms with Gasteiger partial charge in [-0.15, -0.1) is 0 Å². The summed E-state index contributed by atoms with van der Waals surface area (Å²) in [5.74, 6) is 0.613. The highest BCUT2D eigenvalue weighted by Gasteiger charge is 2.23. The summed E-state index contributed by atoms with van der Waals surface area (Å²) in [4.78, 5) is 8.65. The van der Waals surface area contributed by atoms with Crippen LogP contribution in [-0.2, 0) is 11.3 Å². The smallest absolute Gasteiger partial charge is 0.232 e. The standard InChI is InChI=1S/C14H23N3O2/c1-3-15-8-11-9-17-14(10-16-11)19-13-6-4-5-12(7-13)18-2/h9-10,12-13,15H,3-8H2,1-2H3. The van der Waals surface area contributed by atoms with Gasteiger partial charge in [0, 0.05) is 20.1 Å². The van der Waals surface area contributed by atoms with Crippen LogP contribution in [0, 0.1) is 0 Å². The normalized spacial score (nSPS) is 23.3. The molecule has 1 aromatic heterocycles. The van der Waals surface area contributed by atoms with Gasteiger partial charge in [0.1, 0.15) is 6.10 Å². The maximum absolute atomic E-state index is 5.87. The summed E-state index contributed by atoms with van der Waals surface area (Å²) < 4.78 is 11.3. The average molecular weight is 265 g/mol. The molecule has 2 atom stereocenters. The van der Waals surface area contributed by atoms with Crippen molar-refractivity contribution < 1.29 is 9.47 Å². The zero-order valence-corrected chi connectivity index (χ0v) is 11.8. The summed E-state index contributed by atoms with van der Waals surface area (Å²) in [7, 11) is 1.77. The van der Waals surface area contributed by atoms with Crippen LogP contribution in [0.25, 0.3) is 0 Å². The van der Waals surface area contributed by atoms with E-state index in [0.29, 0.717) is 12.0 Å². The Hall–Kier alpha value is -1.20. The van der Waals surface area contributed by atoms with Gasteiger partial charge < -0.3 is 14.8 Å². The van der Waals surface area contributed by atoms with Crippen molar-refractivity contribution in [2.45, 2.75) is 51.4 Å². The molecule has 1 N–H and O–H groups in total. The van der Waals surface area contributed by atoms with Crippen molar-refractivity contribution in [1.82, 2.24) is 15.3 Å². The Bertz CT molecular complexity index is 369. The number of nitrogens with one attached hydrogen (secondary N) is 1. The number of hydrogen-bond acceptors (Lipinski definition) is 5. The van der Waals surface area contributed by atoms with Crippen LogP contribution in [0.3, 0.4) is 0 Å². The van der Waals surface area contributed by atoms with E-state index in [1.807, 2.05) is 0 Å². The molecule has 19 heavy (non-hydrogen) atoms. The Morgan fingerprint density at radius 2 is 2.11 bits per heavy atom. The maximum atomic E-state index is 5.87. The van der Waals surface area contributed by atoms with Crippen molar-refractivity contribution in [3.05, 3.63) is 18.1 Å². The van der Waals surface area contributed by atoms with Gasteiger partial charge in [-0.2, -0.15) is 0 Å². The van der Waals surface area contributed by atoms with Gasteiger partial charge in [0.2, 0.25) is 5.88 Å². The second-order valence-electron chi connectivity index (χ2n) is 4.89. The third-order valence-electron chi connectivity index (χ3n) is 3.44. The van der Waals surface area contributed by atoms with Gasteiger partial charge in [-0.3, -0.25) is 4.98 Å². The molecule has 5 heteroatoms. The lowest BCUT2D eigenvalue weighted by molar-refractivity contribution is 0.0193. The van der Waals surface area contributed by atoms with E-state index in [-0.39, 0.29) is 6.10 Å². The molecule has 0 bridgehead atoms. The molecule has 0 aromatic carbocycles. The van der Waals surface area contributed by atoms with Crippen LogP contribution in [0.1, 0.15) is 38.3 Å². The summed E-state index contributed by atoms with van der Waals surface area (Å²) in [6.07, 6.45) is 8.29. The van der Waals surface area contributed by atoms with Crippen LogP contribution < -0.4 is 10.1 Å². The minimum Gasteiger partial charge on any atom is -0.473 e. The van der Waals surface area contributed by atoms with E-state index in [0.717, 1.165) is 44.5 Å². The molecular formula is C14H23N3O2. The van der Waals surface area contributed by atoms with Crippen molar-refractivity contribution in [3.8, 4) is 5.88 Å². The van der Waals surface area contributed by atoms with Crippen LogP contribution in [-0.4, -0.2) is 35.8 Å². The van der Waals surface area contributed by atoms with E-state index >= 15 is 0 Å². The molecule has 1 aromatic rings. The second-order valence-corrected chi connectivity index (χ2v) is 4.89. The van der Waals surface area contributed by atoms with Crippen LogP contribution >= 0.6 is 0 Å². The molecular weight excluding hydrogens is 242 g/mol. The van der Waals surface area contributed by atoms with Gasteiger partial charge in [-0.05, 0) is 25.8 Å². The van der Waals surface area contributed by atoms with Crippen molar-refractivity contribution in [2.24, 2.45) is 0 Å². The molecule has 106 valence electrons. The topological polar surface area (TPSA) is 56.3 Å². The van der Waals surface area contributed by atoms with E-state index < -0.39 is 0 Å². The Morgan fingerprint density at radius 1 is 1.26 bits per heavy atom. The molecule has 0 saturated heterocycles. The second kappa shape index (κ2) is 7.40. The summed E-state index contributed by atoms with van der Waals surface area (Å²) in [5.41, 5.74) is 0.938. The van der Waals surface area contributed by atoms with Crippen LogP contribution in [0.4, 0.5) is 0 Å². The third-order valence-corrected chi connectivity index (χ3v) is 3.44. The number of aromatic nitrogens is 2. The molecule has 2 unspecified atom stereocenters. The molecule has 0 aliphatic heterocycles. The molecule has 0 amide bonds. The van der Waals surface area contributed by atoms with Crippen molar-refractivity contribution >= 4 is 0 Å². The fourth-order valence-electron chi connectivity index (χ4n) is 2.34. The van der Waals surface area contributed by atoms with Crippen LogP contribution in [0.5, 0.6) is 5.88 Å². The minimum atomic E-state index is 0.201. The van der Waals surface area contributed by atoms with Gasteiger partial charge in [-0.25, -0.2) is 4.98 Å². The number of nitrogens with zero attached hydrogens (tertiary/aromatic N) is 2. The SMILES string of the molecule is CCNCc1cnc(OC2CCCC(OC)C2)cn1. The summed E-state index contributed by atoms with van der Waals surface area (Å²) in [5, 5.41) is 3.22. The summed E-state index contributed by atoms with van der Waals surface area (Å²) in [6.45, 7) is 3.75. The minimum absolute atomic E-state index is 0.201. The average Bonchev–Trinajstić information content (AvgIpc) is 2.47. The molecule has 1 heterocycles. The zero-order chi connectivity index (χ0) is 13.5. The lowest BCUT2D eigenvalue weighted by atomic mass is 9.95. The first-order valence-electron chi connectivity index (χ1n) is 7.03. The highest BCUT2D eigenvalue weighted by molar-refractivity contribution is 5.07. The third kappa shape index (κ3) is 4.44. The van der Waals surface area contributed by atoms with Gasteiger partial charge in [-0.1, -0.05) is 6.92 Å². The molecule has 1 fully saturated rings. The van der Waals surface area contributed by atoms with Crippen molar-refractivity contribution in [2.75, 3.05) is 13.7 Å². The lowest BCUT2D eigenvalue weighted by Crippen LogP contribution is -2.29. The molecule has 2 rings (SSSR count). The van der Waals surface area contributed by atoms with Crippen LogP contribution in [0.2, 0.25) is 0 Å². The first-order valence-corrected chi connectivity index (χ1v) is 7.03. The molecule has 5 nitrogen and oxygen atoms in total. The van der Waals surface area contributed by atoms with Crippen LogP contribution in [0.15, 0.2) is 12.4 Å². The molecule has 0 spiro atoms. The predicted molar refractivity (Wildman–Crippen MR) is 73.1 cm³/mol. The number of rotatable bonds is 6. The highest BCUT2D eigenvalue weighted by Crippen LogP contribution is 2.24. The fourth-order valence-corrected chi connectivity index (χ4v) is 2.34. The van der Waals surface area contributed by atoms with E-state index in [2.05, 4.69) is 22.2 Å². The first kappa shape index (κ1) is 14.2.